The smallest absolute Gasteiger partial charge is 0.240 e. The van der Waals surface area contributed by atoms with Crippen LogP contribution in [-0.4, -0.2) is 25.0 Å². The first-order chi connectivity index (χ1) is 9.49. The summed E-state index contributed by atoms with van der Waals surface area (Å²) >= 11 is 0. The molecule has 0 spiro atoms. The van der Waals surface area contributed by atoms with Gasteiger partial charge in [-0.3, -0.25) is 0 Å². The lowest BCUT2D eigenvalue weighted by atomic mass is 10.2. The fourth-order valence-corrected chi connectivity index (χ4v) is 2.76. The van der Waals surface area contributed by atoms with Gasteiger partial charge in [-0.25, -0.2) is 18.1 Å². The van der Waals surface area contributed by atoms with Gasteiger partial charge in [0.1, 0.15) is 5.82 Å². The average Bonchev–Trinajstić information content (AvgIpc) is 2.87. The predicted molar refractivity (Wildman–Crippen MR) is 78.2 cm³/mol. The van der Waals surface area contributed by atoms with Crippen molar-refractivity contribution in [3.63, 3.8) is 0 Å². The zero-order valence-electron chi connectivity index (χ0n) is 11.5. The molecule has 0 saturated carbocycles. The van der Waals surface area contributed by atoms with E-state index in [1.807, 2.05) is 10.8 Å². The van der Waals surface area contributed by atoms with E-state index < -0.39 is 10.0 Å². The summed E-state index contributed by atoms with van der Waals surface area (Å²) in [5.74, 6) is 0.906. The Morgan fingerprint density at radius 2 is 2.15 bits per heavy atom. The molecule has 0 unspecified atom stereocenters. The highest BCUT2D eigenvalue weighted by atomic mass is 32.2. The zero-order chi connectivity index (χ0) is 14.8. The van der Waals surface area contributed by atoms with E-state index in [0.29, 0.717) is 5.69 Å². The number of benzene rings is 1. The molecule has 0 amide bonds. The molecule has 0 aliphatic heterocycles. The zero-order valence-corrected chi connectivity index (χ0v) is 12.3. The van der Waals surface area contributed by atoms with E-state index in [0.717, 1.165) is 24.4 Å². The molecule has 1 heterocycles. The third-order valence-electron chi connectivity index (χ3n) is 3.03. The molecule has 1 aromatic heterocycles. The monoisotopic (exact) mass is 294 g/mol. The molecule has 0 fully saturated rings. The van der Waals surface area contributed by atoms with Crippen molar-refractivity contribution in [2.45, 2.75) is 24.7 Å². The molecule has 2 rings (SSSR count). The molecule has 0 radical (unpaired) electrons. The summed E-state index contributed by atoms with van der Waals surface area (Å²) in [6, 6.07) is 4.69. The molecule has 0 saturated heterocycles. The summed E-state index contributed by atoms with van der Waals surface area (Å²) in [6.45, 7) is 2.07. The van der Waals surface area contributed by atoms with Crippen molar-refractivity contribution in [1.82, 2.24) is 14.3 Å². The van der Waals surface area contributed by atoms with Crippen molar-refractivity contribution in [3.8, 4) is 5.69 Å². The lowest BCUT2D eigenvalue weighted by molar-refractivity contribution is 0.588. The van der Waals surface area contributed by atoms with Gasteiger partial charge < -0.3 is 10.3 Å². The molecule has 2 aromatic rings. The average molecular weight is 294 g/mol. The van der Waals surface area contributed by atoms with Crippen LogP contribution in [0.4, 0.5) is 5.69 Å². The van der Waals surface area contributed by atoms with Crippen molar-refractivity contribution in [1.29, 1.82) is 0 Å². The van der Waals surface area contributed by atoms with E-state index in [1.165, 1.54) is 19.2 Å². The second-order valence-electron chi connectivity index (χ2n) is 4.39. The SMILES string of the molecule is CCCc1nccn1-c1ccc(S(=O)(=O)NC)cc1N. The molecule has 1 aromatic carbocycles. The number of aryl methyl sites for hydroxylation is 1. The normalized spacial score (nSPS) is 11.7. The van der Waals surface area contributed by atoms with E-state index in [-0.39, 0.29) is 4.90 Å². The van der Waals surface area contributed by atoms with Crippen LogP contribution >= 0.6 is 0 Å². The number of nitrogens with zero attached hydrogens (tertiary/aromatic N) is 2. The number of hydrogen-bond donors (Lipinski definition) is 2. The molecule has 0 aliphatic rings. The number of aromatic nitrogens is 2. The molecule has 0 bridgehead atoms. The fraction of sp³-hybridized carbons (Fsp3) is 0.308. The van der Waals surface area contributed by atoms with Crippen LogP contribution in [0.15, 0.2) is 35.5 Å². The van der Waals surface area contributed by atoms with Crippen LogP contribution in [0, 0.1) is 0 Å². The number of imidazole rings is 1. The van der Waals surface area contributed by atoms with Gasteiger partial charge in [0.2, 0.25) is 10.0 Å². The predicted octanol–water partition coefficient (Wildman–Crippen LogP) is 1.32. The Bertz CT molecular complexity index is 707. The van der Waals surface area contributed by atoms with Gasteiger partial charge in [-0.15, -0.1) is 0 Å². The highest BCUT2D eigenvalue weighted by Crippen LogP contribution is 2.23. The Morgan fingerprint density at radius 1 is 1.40 bits per heavy atom. The number of nitrogens with one attached hydrogen (secondary N) is 1. The molecule has 20 heavy (non-hydrogen) atoms. The Kier molecular flexibility index (Phi) is 4.10. The van der Waals surface area contributed by atoms with E-state index in [4.69, 9.17) is 5.73 Å². The van der Waals surface area contributed by atoms with Crippen LogP contribution in [0.3, 0.4) is 0 Å². The number of rotatable bonds is 5. The number of nitrogen functional groups attached to an aromatic ring is 1. The first-order valence-corrected chi connectivity index (χ1v) is 7.83. The standard InChI is InChI=1S/C13H18N4O2S/c1-3-4-13-16-7-8-17(13)12-6-5-10(9-11(12)14)20(18,19)15-2/h5-9,15H,3-4,14H2,1-2H3. The van der Waals surface area contributed by atoms with Gasteiger partial charge in [0.05, 0.1) is 16.3 Å². The van der Waals surface area contributed by atoms with Gasteiger partial charge in [0, 0.05) is 18.8 Å². The third-order valence-corrected chi connectivity index (χ3v) is 4.44. The minimum Gasteiger partial charge on any atom is -0.397 e. The summed E-state index contributed by atoms with van der Waals surface area (Å²) in [5, 5.41) is 0. The summed E-state index contributed by atoms with van der Waals surface area (Å²) in [6.07, 6.45) is 5.34. The maximum Gasteiger partial charge on any atom is 0.240 e. The maximum atomic E-state index is 11.7. The van der Waals surface area contributed by atoms with Crippen LogP contribution in [0.2, 0.25) is 0 Å². The van der Waals surface area contributed by atoms with Gasteiger partial charge in [0.15, 0.2) is 0 Å². The summed E-state index contributed by atoms with van der Waals surface area (Å²) in [5.41, 5.74) is 7.12. The summed E-state index contributed by atoms with van der Waals surface area (Å²) < 4.78 is 27.6. The molecule has 7 heteroatoms. The van der Waals surface area contributed by atoms with Crippen molar-refractivity contribution in [2.24, 2.45) is 0 Å². The Balaban J connectivity index is 2.47. The second-order valence-corrected chi connectivity index (χ2v) is 6.28. The Labute approximate surface area is 118 Å². The van der Waals surface area contributed by atoms with E-state index >= 15 is 0 Å². The maximum absolute atomic E-state index is 11.7. The van der Waals surface area contributed by atoms with Crippen molar-refractivity contribution < 1.29 is 8.42 Å². The quantitative estimate of drug-likeness (QED) is 0.814. The highest BCUT2D eigenvalue weighted by Gasteiger charge is 2.14. The minimum absolute atomic E-state index is 0.151. The largest absolute Gasteiger partial charge is 0.397 e. The summed E-state index contributed by atoms with van der Waals surface area (Å²) in [7, 11) is -2.11. The molecular weight excluding hydrogens is 276 g/mol. The van der Waals surface area contributed by atoms with Crippen LogP contribution in [-0.2, 0) is 16.4 Å². The van der Waals surface area contributed by atoms with Gasteiger partial charge in [-0.05, 0) is 31.7 Å². The topological polar surface area (TPSA) is 90.0 Å². The lowest BCUT2D eigenvalue weighted by Crippen LogP contribution is -2.19. The Morgan fingerprint density at radius 3 is 2.75 bits per heavy atom. The highest BCUT2D eigenvalue weighted by molar-refractivity contribution is 7.89. The third kappa shape index (κ3) is 2.68. The molecule has 108 valence electrons. The van der Waals surface area contributed by atoms with E-state index in [2.05, 4.69) is 16.6 Å². The van der Waals surface area contributed by atoms with Crippen molar-refractivity contribution in [2.75, 3.05) is 12.8 Å². The number of hydrogen-bond acceptors (Lipinski definition) is 4. The van der Waals surface area contributed by atoms with Crippen molar-refractivity contribution >= 4 is 15.7 Å². The van der Waals surface area contributed by atoms with Crippen LogP contribution in [0.25, 0.3) is 5.69 Å². The molecule has 0 atom stereocenters. The Hall–Kier alpha value is -1.86. The van der Waals surface area contributed by atoms with Gasteiger partial charge >= 0.3 is 0 Å². The van der Waals surface area contributed by atoms with E-state index in [9.17, 15) is 8.42 Å². The van der Waals surface area contributed by atoms with Gasteiger partial charge in [-0.2, -0.15) is 0 Å². The lowest BCUT2D eigenvalue weighted by Gasteiger charge is -2.12. The van der Waals surface area contributed by atoms with Crippen LogP contribution in [0.5, 0.6) is 0 Å². The van der Waals surface area contributed by atoms with Crippen LogP contribution in [0.1, 0.15) is 19.2 Å². The summed E-state index contributed by atoms with van der Waals surface area (Å²) in [4.78, 5) is 4.44. The first-order valence-electron chi connectivity index (χ1n) is 6.35. The number of nitrogens with two attached hydrogens (primary N) is 1. The number of anilines is 1. The van der Waals surface area contributed by atoms with Gasteiger partial charge in [0.25, 0.3) is 0 Å². The van der Waals surface area contributed by atoms with Gasteiger partial charge in [-0.1, -0.05) is 6.92 Å². The van der Waals surface area contributed by atoms with Crippen LogP contribution < -0.4 is 10.5 Å². The molecule has 0 aliphatic carbocycles. The molecule has 3 N–H and O–H groups in total. The fourth-order valence-electron chi connectivity index (χ4n) is 2.00. The first kappa shape index (κ1) is 14.5. The second kappa shape index (κ2) is 5.64. The number of sulfonamides is 1. The molecular formula is C13H18N4O2S. The van der Waals surface area contributed by atoms with Crippen molar-refractivity contribution in [3.05, 3.63) is 36.4 Å². The van der Waals surface area contributed by atoms with E-state index in [1.54, 1.807) is 12.3 Å². The molecule has 6 nitrogen and oxygen atoms in total. The minimum atomic E-state index is -3.48.